The highest BCUT2D eigenvalue weighted by Gasteiger charge is 2.38. The summed E-state index contributed by atoms with van der Waals surface area (Å²) in [5.74, 6) is -3.20. The van der Waals surface area contributed by atoms with Gasteiger partial charge in [-0.2, -0.15) is 13.2 Å². The molecule has 0 aliphatic carbocycles. The van der Waals surface area contributed by atoms with Crippen LogP contribution < -0.4 is 5.32 Å². The molecule has 1 aromatic carbocycles. The number of hydrogen-bond donors (Lipinski definition) is 3. The highest BCUT2D eigenvalue weighted by molar-refractivity contribution is 6.29. The Hall–Kier alpha value is -3.40. The van der Waals surface area contributed by atoms with Gasteiger partial charge >= 0.3 is 12.1 Å². The first-order valence-corrected chi connectivity index (χ1v) is 9.17. The van der Waals surface area contributed by atoms with Crippen molar-refractivity contribution in [2.24, 2.45) is 0 Å². The number of nitrogens with one attached hydrogen (secondary N) is 2. The highest BCUT2D eigenvalue weighted by Crippen LogP contribution is 2.30. The second-order valence-electron chi connectivity index (χ2n) is 6.43. The lowest BCUT2D eigenvalue weighted by atomic mass is 10.1. The van der Waals surface area contributed by atoms with Gasteiger partial charge in [-0.25, -0.2) is 14.2 Å². The average molecular weight is 456 g/mol. The van der Waals surface area contributed by atoms with E-state index in [0.717, 1.165) is 23.4 Å². The molecule has 0 saturated heterocycles. The van der Waals surface area contributed by atoms with Gasteiger partial charge < -0.3 is 15.4 Å². The topological polar surface area (TPSA) is 95.1 Å². The SMILES string of the molecule is O=C(O)C(F)(F)F.O=C1NCCc2[nH]c(-c3cc(Cl)nc(-c4ccccc4F)c3)cc21. The van der Waals surface area contributed by atoms with E-state index in [2.05, 4.69) is 15.3 Å². The number of amides is 1. The van der Waals surface area contributed by atoms with E-state index in [4.69, 9.17) is 21.5 Å². The fourth-order valence-electron chi connectivity index (χ4n) is 2.91. The van der Waals surface area contributed by atoms with E-state index in [0.29, 0.717) is 23.4 Å². The maximum atomic E-state index is 14.0. The maximum absolute atomic E-state index is 14.0. The number of aromatic nitrogens is 2. The molecule has 0 saturated carbocycles. The van der Waals surface area contributed by atoms with E-state index >= 15 is 0 Å². The second-order valence-corrected chi connectivity index (χ2v) is 6.81. The van der Waals surface area contributed by atoms with Crippen molar-refractivity contribution in [1.82, 2.24) is 15.3 Å². The molecule has 162 valence electrons. The molecule has 6 nitrogen and oxygen atoms in total. The minimum absolute atomic E-state index is 0.0896. The van der Waals surface area contributed by atoms with Crippen molar-refractivity contribution in [3.05, 3.63) is 64.7 Å². The van der Waals surface area contributed by atoms with Crippen LogP contribution >= 0.6 is 11.6 Å². The number of rotatable bonds is 2. The van der Waals surface area contributed by atoms with Crippen molar-refractivity contribution in [3.8, 4) is 22.5 Å². The smallest absolute Gasteiger partial charge is 0.475 e. The number of fused-ring (bicyclic) bond motifs is 1. The fourth-order valence-corrected chi connectivity index (χ4v) is 3.12. The molecule has 0 bridgehead atoms. The summed E-state index contributed by atoms with van der Waals surface area (Å²) in [4.78, 5) is 28.3. The molecule has 4 rings (SSSR count). The number of carboxylic acids is 1. The van der Waals surface area contributed by atoms with Gasteiger partial charge in [-0.15, -0.1) is 0 Å². The minimum Gasteiger partial charge on any atom is -0.475 e. The van der Waals surface area contributed by atoms with Crippen LogP contribution in [0.3, 0.4) is 0 Å². The largest absolute Gasteiger partial charge is 0.490 e. The Morgan fingerprint density at radius 3 is 2.42 bits per heavy atom. The van der Waals surface area contributed by atoms with Gasteiger partial charge in [0.2, 0.25) is 0 Å². The van der Waals surface area contributed by atoms with Gasteiger partial charge in [0, 0.05) is 35.5 Å². The third-order valence-corrected chi connectivity index (χ3v) is 4.50. The van der Waals surface area contributed by atoms with Crippen molar-refractivity contribution in [2.45, 2.75) is 12.6 Å². The average Bonchev–Trinajstić information content (AvgIpc) is 3.13. The Kier molecular flexibility index (Phi) is 6.30. The fraction of sp³-hybridized carbons (Fsp3) is 0.150. The lowest BCUT2D eigenvalue weighted by molar-refractivity contribution is -0.192. The van der Waals surface area contributed by atoms with Crippen LogP contribution in [0.2, 0.25) is 5.15 Å². The summed E-state index contributed by atoms with van der Waals surface area (Å²) in [6.07, 6.45) is -4.33. The number of carbonyl (C=O) groups excluding carboxylic acids is 1. The van der Waals surface area contributed by atoms with E-state index < -0.39 is 12.1 Å². The molecule has 31 heavy (non-hydrogen) atoms. The number of carbonyl (C=O) groups is 2. The van der Waals surface area contributed by atoms with Crippen molar-refractivity contribution in [2.75, 3.05) is 6.54 Å². The van der Waals surface area contributed by atoms with Crippen molar-refractivity contribution >= 4 is 23.5 Å². The molecule has 0 radical (unpaired) electrons. The molecular weight excluding hydrogens is 442 g/mol. The number of halogens is 5. The third-order valence-electron chi connectivity index (χ3n) is 4.30. The number of alkyl halides is 3. The monoisotopic (exact) mass is 455 g/mol. The van der Waals surface area contributed by atoms with E-state index in [1.807, 2.05) is 0 Å². The van der Waals surface area contributed by atoms with Gasteiger partial charge in [0.25, 0.3) is 5.91 Å². The predicted octanol–water partition coefficient (Wildman–Crippen LogP) is 4.46. The quantitative estimate of drug-likeness (QED) is 0.393. The first kappa shape index (κ1) is 22.3. The number of benzene rings is 1. The highest BCUT2D eigenvalue weighted by atomic mass is 35.5. The van der Waals surface area contributed by atoms with Crippen LogP contribution in [-0.2, 0) is 11.2 Å². The van der Waals surface area contributed by atoms with Gasteiger partial charge in [-0.3, -0.25) is 4.79 Å². The number of H-pyrrole nitrogens is 1. The Bertz CT molecular complexity index is 1140. The second kappa shape index (κ2) is 8.76. The summed E-state index contributed by atoms with van der Waals surface area (Å²) in [5.41, 5.74) is 3.89. The molecular formula is C20H14ClF4N3O3. The Balaban J connectivity index is 0.000000339. The first-order valence-electron chi connectivity index (χ1n) is 8.79. The number of aromatic amines is 1. The molecule has 0 atom stereocenters. The Labute approximate surface area is 177 Å². The summed E-state index contributed by atoms with van der Waals surface area (Å²) in [6, 6.07) is 11.7. The first-order chi connectivity index (χ1) is 14.6. The predicted molar refractivity (Wildman–Crippen MR) is 104 cm³/mol. The van der Waals surface area contributed by atoms with Crippen LogP contribution in [0.5, 0.6) is 0 Å². The molecule has 11 heteroatoms. The summed E-state index contributed by atoms with van der Waals surface area (Å²) in [7, 11) is 0. The number of aliphatic carboxylic acids is 1. The number of carboxylic acid groups (broad SMARTS) is 1. The summed E-state index contributed by atoms with van der Waals surface area (Å²) in [5, 5.41) is 10.2. The number of pyridine rings is 1. The number of hydrogen-bond acceptors (Lipinski definition) is 3. The van der Waals surface area contributed by atoms with Crippen LogP contribution in [0.1, 0.15) is 16.1 Å². The molecule has 0 fully saturated rings. The Morgan fingerprint density at radius 1 is 1.13 bits per heavy atom. The van der Waals surface area contributed by atoms with Gasteiger partial charge in [-0.05, 0) is 30.3 Å². The lowest BCUT2D eigenvalue weighted by Crippen LogP contribution is -2.31. The molecule has 3 N–H and O–H groups in total. The molecule has 2 aromatic heterocycles. The zero-order valence-corrected chi connectivity index (χ0v) is 16.3. The van der Waals surface area contributed by atoms with E-state index in [1.54, 1.807) is 36.4 Å². The van der Waals surface area contributed by atoms with Crippen molar-refractivity contribution in [1.29, 1.82) is 0 Å². The molecule has 3 aromatic rings. The van der Waals surface area contributed by atoms with Crippen LogP contribution in [-0.4, -0.2) is 39.7 Å². The van der Waals surface area contributed by atoms with E-state index in [9.17, 15) is 22.4 Å². The van der Waals surface area contributed by atoms with Crippen LogP contribution in [0.15, 0.2) is 42.5 Å². The molecule has 0 spiro atoms. The molecule has 1 aliphatic heterocycles. The summed E-state index contributed by atoms with van der Waals surface area (Å²) >= 11 is 6.13. The van der Waals surface area contributed by atoms with Crippen molar-refractivity contribution in [3.63, 3.8) is 0 Å². The van der Waals surface area contributed by atoms with E-state index in [1.165, 1.54) is 6.07 Å². The maximum Gasteiger partial charge on any atom is 0.490 e. The van der Waals surface area contributed by atoms with Gasteiger partial charge in [0.15, 0.2) is 0 Å². The minimum atomic E-state index is -5.08. The van der Waals surface area contributed by atoms with Crippen LogP contribution in [0.4, 0.5) is 17.6 Å². The van der Waals surface area contributed by atoms with Crippen LogP contribution in [0.25, 0.3) is 22.5 Å². The zero-order valence-electron chi connectivity index (χ0n) is 15.6. The standard InChI is InChI=1S/C18H13ClFN3O.C2HF3O2/c19-17-8-10(7-16(23-17)11-3-1-2-4-13(11)20)15-9-12-14(22-15)5-6-21-18(12)24;3-2(4,5)1(6)7/h1-4,7-9,22H,5-6H2,(H,21,24);(H,6,7). The Morgan fingerprint density at radius 2 is 1.81 bits per heavy atom. The molecule has 3 heterocycles. The van der Waals surface area contributed by atoms with Crippen molar-refractivity contribution < 1.29 is 32.3 Å². The normalized spacial score (nSPS) is 13.0. The summed E-state index contributed by atoms with van der Waals surface area (Å²) in [6.45, 7) is 0.614. The van der Waals surface area contributed by atoms with Gasteiger partial charge in [0.1, 0.15) is 11.0 Å². The summed E-state index contributed by atoms with van der Waals surface area (Å²) < 4.78 is 45.8. The zero-order chi connectivity index (χ0) is 22.8. The third kappa shape index (κ3) is 5.21. The van der Waals surface area contributed by atoms with E-state index in [-0.39, 0.29) is 16.9 Å². The lowest BCUT2D eigenvalue weighted by Gasteiger charge is -2.11. The van der Waals surface area contributed by atoms with Gasteiger partial charge in [0.05, 0.1) is 11.3 Å². The molecule has 0 unspecified atom stereocenters. The molecule has 1 aliphatic rings. The van der Waals surface area contributed by atoms with Crippen LogP contribution in [0, 0.1) is 5.82 Å². The molecule has 1 amide bonds. The number of nitrogens with zero attached hydrogens (tertiary/aromatic N) is 1. The van der Waals surface area contributed by atoms with Gasteiger partial charge in [-0.1, -0.05) is 23.7 Å².